The summed E-state index contributed by atoms with van der Waals surface area (Å²) in [5.74, 6) is 0.560. The molecular formula is C10H18. The van der Waals surface area contributed by atoms with Crippen molar-refractivity contribution in [3.05, 3.63) is 25.3 Å². The summed E-state index contributed by atoms with van der Waals surface area (Å²) in [6, 6.07) is 0. The summed E-state index contributed by atoms with van der Waals surface area (Å²) in [5, 5.41) is 0. The Morgan fingerprint density at radius 1 is 1.30 bits per heavy atom. The van der Waals surface area contributed by atoms with E-state index in [1.165, 1.54) is 0 Å². The van der Waals surface area contributed by atoms with E-state index in [1.54, 1.807) is 0 Å². The molecule has 0 aliphatic heterocycles. The quantitative estimate of drug-likeness (QED) is 0.524. The average Bonchev–Trinajstić information content (AvgIpc) is 1.80. The minimum atomic E-state index is 0.329. The Labute approximate surface area is 64.6 Å². The average molecular weight is 138 g/mol. The highest BCUT2D eigenvalue weighted by molar-refractivity contribution is 4.91. The molecule has 0 fully saturated rings. The fraction of sp³-hybridized carbons (Fsp3) is 0.600. The van der Waals surface area contributed by atoms with Crippen molar-refractivity contribution in [3.63, 3.8) is 0 Å². The van der Waals surface area contributed by atoms with Crippen LogP contribution in [0, 0.1) is 11.3 Å². The summed E-state index contributed by atoms with van der Waals surface area (Å²) in [4.78, 5) is 0. The zero-order chi connectivity index (χ0) is 8.20. The molecular weight excluding hydrogens is 120 g/mol. The van der Waals surface area contributed by atoms with Crippen LogP contribution < -0.4 is 0 Å². The van der Waals surface area contributed by atoms with Gasteiger partial charge in [0.05, 0.1) is 0 Å². The van der Waals surface area contributed by atoms with E-state index in [0.29, 0.717) is 11.3 Å². The standard InChI is InChI=1S/C10H18/c1-6-8-9(7-2)10(3,4)5/h6-7,9H,1-2,8H2,3-5H3. The highest BCUT2D eigenvalue weighted by Crippen LogP contribution is 2.29. The van der Waals surface area contributed by atoms with Crippen LogP contribution in [-0.2, 0) is 0 Å². The predicted octanol–water partition coefficient (Wildman–Crippen LogP) is 3.41. The van der Waals surface area contributed by atoms with Crippen LogP contribution in [0.1, 0.15) is 27.2 Å². The summed E-state index contributed by atoms with van der Waals surface area (Å²) < 4.78 is 0. The van der Waals surface area contributed by atoms with Gasteiger partial charge in [0, 0.05) is 0 Å². The minimum Gasteiger partial charge on any atom is -0.103 e. The van der Waals surface area contributed by atoms with E-state index in [2.05, 4.69) is 33.9 Å². The Bertz CT molecular complexity index is 114. The summed E-state index contributed by atoms with van der Waals surface area (Å²) in [7, 11) is 0. The Hall–Kier alpha value is -0.520. The van der Waals surface area contributed by atoms with Crippen molar-refractivity contribution < 1.29 is 0 Å². The predicted molar refractivity (Wildman–Crippen MR) is 48.0 cm³/mol. The molecule has 0 saturated carbocycles. The highest BCUT2D eigenvalue weighted by Gasteiger charge is 2.19. The van der Waals surface area contributed by atoms with Crippen LogP contribution in [0.4, 0.5) is 0 Å². The number of allylic oxidation sites excluding steroid dienone is 2. The molecule has 0 N–H and O–H groups in total. The van der Waals surface area contributed by atoms with E-state index in [9.17, 15) is 0 Å². The molecule has 58 valence electrons. The summed E-state index contributed by atoms with van der Waals surface area (Å²) in [5.41, 5.74) is 0.329. The Kier molecular flexibility index (Phi) is 3.41. The lowest BCUT2D eigenvalue weighted by atomic mass is 9.79. The van der Waals surface area contributed by atoms with Crippen molar-refractivity contribution in [1.29, 1.82) is 0 Å². The van der Waals surface area contributed by atoms with E-state index in [4.69, 9.17) is 0 Å². The van der Waals surface area contributed by atoms with Crippen LogP contribution >= 0.6 is 0 Å². The van der Waals surface area contributed by atoms with E-state index < -0.39 is 0 Å². The van der Waals surface area contributed by atoms with Crippen molar-refractivity contribution in [2.45, 2.75) is 27.2 Å². The maximum Gasteiger partial charge on any atom is -0.0153 e. The van der Waals surface area contributed by atoms with Crippen LogP contribution in [0.25, 0.3) is 0 Å². The second-order valence-corrected chi connectivity index (χ2v) is 3.73. The fourth-order valence-electron chi connectivity index (χ4n) is 0.983. The largest absolute Gasteiger partial charge is 0.103 e. The SMILES string of the molecule is C=CCC(C=C)C(C)(C)C. The molecule has 0 spiro atoms. The van der Waals surface area contributed by atoms with Gasteiger partial charge in [-0.15, -0.1) is 13.2 Å². The highest BCUT2D eigenvalue weighted by atomic mass is 14.2. The molecule has 0 heteroatoms. The van der Waals surface area contributed by atoms with Crippen LogP contribution in [0.5, 0.6) is 0 Å². The molecule has 0 nitrogen and oxygen atoms in total. The van der Waals surface area contributed by atoms with E-state index in [1.807, 2.05) is 12.2 Å². The molecule has 0 amide bonds. The van der Waals surface area contributed by atoms with Crippen LogP contribution in [-0.4, -0.2) is 0 Å². The van der Waals surface area contributed by atoms with Gasteiger partial charge in [-0.1, -0.05) is 32.9 Å². The maximum absolute atomic E-state index is 3.80. The molecule has 0 aliphatic rings. The van der Waals surface area contributed by atoms with Gasteiger partial charge in [-0.25, -0.2) is 0 Å². The van der Waals surface area contributed by atoms with Crippen LogP contribution in [0.3, 0.4) is 0 Å². The molecule has 0 rings (SSSR count). The van der Waals surface area contributed by atoms with Crippen LogP contribution in [0.2, 0.25) is 0 Å². The molecule has 0 aromatic carbocycles. The lowest BCUT2D eigenvalue weighted by Crippen LogP contribution is -2.17. The molecule has 0 saturated heterocycles. The van der Waals surface area contributed by atoms with Crippen LogP contribution in [0.15, 0.2) is 25.3 Å². The lowest BCUT2D eigenvalue weighted by Gasteiger charge is -2.26. The van der Waals surface area contributed by atoms with E-state index >= 15 is 0 Å². The van der Waals surface area contributed by atoms with Gasteiger partial charge in [-0.3, -0.25) is 0 Å². The van der Waals surface area contributed by atoms with E-state index in [0.717, 1.165) is 6.42 Å². The normalized spacial score (nSPS) is 14.3. The Morgan fingerprint density at radius 2 is 1.80 bits per heavy atom. The molecule has 0 aromatic heterocycles. The summed E-state index contributed by atoms with van der Waals surface area (Å²) in [6.45, 7) is 14.2. The summed E-state index contributed by atoms with van der Waals surface area (Å²) >= 11 is 0. The summed E-state index contributed by atoms with van der Waals surface area (Å²) in [6.07, 6.45) is 5.01. The van der Waals surface area contributed by atoms with Crippen molar-refractivity contribution in [2.75, 3.05) is 0 Å². The zero-order valence-electron chi connectivity index (χ0n) is 7.35. The monoisotopic (exact) mass is 138 g/mol. The zero-order valence-corrected chi connectivity index (χ0v) is 7.35. The Morgan fingerprint density at radius 3 is 1.90 bits per heavy atom. The number of rotatable bonds is 3. The van der Waals surface area contributed by atoms with Gasteiger partial charge in [-0.2, -0.15) is 0 Å². The third kappa shape index (κ3) is 2.86. The van der Waals surface area contributed by atoms with Gasteiger partial charge in [0.1, 0.15) is 0 Å². The molecule has 0 aromatic rings. The topological polar surface area (TPSA) is 0 Å². The fourth-order valence-corrected chi connectivity index (χ4v) is 0.983. The number of hydrogen-bond donors (Lipinski definition) is 0. The van der Waals surface area contributed by atoms with Gasteiger partial charge in [-0.05, 0) is 17.8 Å². The first-order valence-electron chi connectivity index (χ1n) is 3.76. The second kappa shape index (κ2) is 3.60. The molecule has 0 heterocycles. The van der Waals surface area contributed by atoms with Gasteiger partial charge < -0.3 is 0 Å². The Balaban J connectivity index is 4.05. The first kappa shape index (κ1) is 9.48. The van der Waals surface area contributed by atoms with Gasteiger partial charge in [0.2, 0.25) is 0 Å². The first-order valence-corrected chi connectivity index (χ1v) is 3.76. The third-order valence-corrected chi connectivity index (χ3v) is 1.82. The van der Waals surface area contributed by atoms with Crippen molar-refractivity contribution in [2.24, 2.45) is 11.3 Å². The maximum atomic E-state index is 3.80. The van der Waals surface area contributed by atoms with Gasteiger partial charge in [0.15, 0.2) is 0 Å². The smallest absolute Gasteiger partial charge is 0.0153 e. The molecule has 1 atom stereocenters. The molecule has 10 heavy (non-hydrogen) atoms. The molecule has 0 bridgehead atoms. The van der Waals surface area contributed by atoms with Crippen molar-refractivity contribution in [3.8, 4) is 0 Å². The molecule has 0 radical (unpaired) electrons. The van der Waals surface area contributed by atoms with Crippen molar-refractivity contribution in [1.82, 2.24) is 0 Å². The van der Waals surface area contributed by atoms with Gasteiger partial charge in [0.25, 0.3) is 0 Å². The second-order valence-electron chi connectivity index (χ2n) is 3.73. The van der Waals surface area contributed by atoms with Crippen molar-refractivity contribution >= 4 is 0 Å². The molecule has 1 unspecified atom stereocenters. The molecule has 0 aliphatic carbocycles. The van der Waals surface area contributed by atoms with Gasteiger partial charge >= 0.3 is 0 Å². The third-order valence-electron chi connectivity index (χ3n) is 1.82. The minimum absolute atomic E-state index is 0.329. The lowest BCUT2D eigenvalue weighted by molar-refractivity contribution is 0.296. The number of hydrogen-bond acceptors (Lipinski definition) is 0. The first-order chi connectivity index (χ1) is 4.52. The van der Waals surface area contributed by atoms with E-state index in [-0.39, 0.29) is 0 Å².